The number of rotatable bonds is 7. The Morgan fingerprint density at radius 3 is 2.61 bits per heavy atom. The van der Waals surface area contributed by atoms with Gasteiger partial charge in [-0.15, -0.1) is 0 Å². The molecule has 1 amide bonds. The first kappa shape index (κ1) is 19.6. The van der Waals surface area contributed by atoms with Gasteiger partial charge in [-0.2, -0.15) is 5.26 Å². The van der Waals surface area contributed by atoms with E-state index >= 15 is 0 Å². The number of hydrogen-bond acceptors (Lipinski definition) is 5. The van der Waals surface area contributed by atoms with E-state index in [4.69, 9.17) is 16.7 Å². The lowest BCUT2D eigenvalue weighted by molar-refractivity contribution is 0.0925. The summed E-state index contributed by atoms with van der Waals surface area (Å²) in [7, 11) is 0. The minimum absolute atomic E-state index is 0.127. The molecule has 3 aromatic rings. The summed E-state index contributed by atoms with van der Waals surface area (Å²) in [6.45, 7) is 0.454. The standard InChI is InChI=1S/C21H23N5O2/c22-10-9-18(27)16(24)12-25-21(28)20-19(14-7-5-13(11-23)6-8-14)15-3-1-2-4-17(15)26-20/h1-8,16,18,26-27H,9-10,12,22,24H2,(H,25,28)/t16-,18?/m0/s1. The van der Waals surface area contributed by atoms with Crippen LogP contribution in [-0.2, 0) is 0 Å². The third-order valence-corrected chi connectivity index (χ3v) is 4.69. The number of aliphatic hydroxyl groups is 1. The molecule has 2 atom stereocenters. The highest BCUT2D eigenvalue weighted by Crippen LogP contribution is 2.32. The van der Waals surface area contributed by atoms with E-state index in [0.717, 1.165) is 22.0 Å². The molecule has 7 heteroatoms. The van der Waals surface area contributed by atoms with Crippen molar-refractivity contribution in [1.29, 1.82) is 5.26 Å². The molecular formula is C21H23N5O2. The van der Waals surface area contributed by atoms with Gasteiger partial charge in [0.2, 0.25) is 0 Å². The van der Waals surface area contributed by atoms with E-state index in [1.807, 2.05) is 36.4 Å². The fourth-order valence-electron chi connectivity index (χ4n) is 3.14. The molecule has 2 aromatic carbocycles. The number of aliphatic hydroxyl groups excluding tert-OH is 1. The van der Waals surface area contributed by atoms with Gasteiger partial charge in [0.05, 0.1) is 17.7 Å². The van der Waals surface area contributed by atoms with E-state index in [1.54, 1.807) is 12.1 Å². The van der Waals surface area contributed by atoms with Gasteiger partial charge in [0.1, 0.15) is 5.69 Å². The molecule has 7 nitrogen and oxygen atoms in total. The maximum absolute atomic E-state index is 12.9. The van der Waals surface area contributed by atoms with Crippen molar-refractivity contribution in [3.63, 3.8) is 0 Å². The van der Waals surface area contributed by atoms with Gasteiger partial charge in [-0.05, 0) is 36.7 Å². The summed E-state index contributed by atoms with van der Waals surface area (Å²) in [5.41, 5.74) is 14.7. The number of fused-ring (bicyclic) bond motifs is 1. The van der Waals surface area contributed by atoms with Gasteiger partial charge in [-0.3, -0.25) is 4.79 Å². The Balaban J connectivity index is 1.92. The number of nitriles is 1. The van der Waals surface area contributed by atoms with Crippen molar-refractivity contribution in [3.8, 4) is 17.2 Å². The molecule has 1 aromatic heterocycles. The average molecular weight is 377 g/mol. The van der Waals surface area contributed by atoms with Crippen LogP contribution in [-0.4, -0.2) is 41.2 Å². The second-order valence-corrected chi connectivity index (χ2v) is 6.63. The predicted molar refractivity (Wildman–Crippen MR) is 108 cm³/mol. The number of nitrogens with two attached hydrogens (primary N) is 2. The minimum Gasteiger partial charge on any atom is -0.391 e. The van der Waals surface area contributed by atoms with Crippen LogP contribution < -0.4 is 16.8 Å². The number of nitrogens with one attached hydrogen (secondary N) is 2. The summed E-state index contributed by atoms with van der Waals surface area (Å²) < 4.78 is 0. The number of para-hydroxylation sites is 1. The molecule has 0 aliphatic rings. The molecule has 1 heterocycles. The summed E-state index contributed by atoms with van der Waals surface area (Å²) in [5, 5.41) is 22.6. The van der Waals surface area contributed by atoms with Gasteiger partial charge < -0.3 is 26.9 Å². The van der Waals surface area contributed by atoms with Crippen molar-refractivity contribution in [2.45, 2.75) is 18.6 Å². The number of amides is 1. The first-order valence-electron chi connectivity index (χ1n) is 9.08. The zero-order chi connectivity index (χ0) is 20.1. The number of nitrogens with zero attached hydrogens (tertiary/aromatic N) is 1. The topological polar surface area (TPSA) is 141 Å². The van der Waals surface area contributed by atoms with Crippen molar-refractivity contribution >= 4 is 16.8 Å². The fraction of sp³-hybridized carbons (Fsp3) is 0.238. The quantitative estimate of drug-likeness (QED) is 0.424. The van der Waals surface area contributed by atoms with E-state index in [0.29, 0.717) is 24.2 Å². The largest absolute Gasteiger partial charge is 0.391 e. The number of aromatic amines is 1. The number of carbonyl (C=O) groups is 1. The number of H-pyrrole nitrogens is 1. The molecule has 28 heavy (non-hydrogen) atoms. The Hall–Kier alpha value is -3.18. The van der Waals surface area contributed by atoms with Gasteiger partial charge in [-0.1, -0.05) is 30.3 Å². The summed E-state index contributed by atoms with van der Waals surface area (Å²) in [6, 6.07) is 16.2. The summed E-state index contributed by atoms with van der Waals surface area (Å²) in [6.07, 6.45) is -0.397. The number of hydrogen-bond donors (Lipinski definition) is 5. The molecule has 1 unspecified atom stereocenters. The van der Waals surface area contributed by atoms with Crippen LogP contribution in [0, 0.1) is 11.3 Å². The second kappa shape index (κ2) is 8.67. The normalized spacial score (nSPS) is 13.1. The van der Waals surface area contributed by atoms with Gasteiger partial charge >= 0.3 is 0 Å². The van der Waals surface area contributed by atoms with E-state index in [1.165, 1.54) is 0 Å². The zero-order valence-corrected chi connectivity index (χ0v) is 15.4. The molecular weight excluding hydrogens is 354 g/mol. The van der Waals surface area contributed by atoms with E-state index in [-0.39, 0.29) is 12.5 Å². The van der Waals surface area contributed by atoms with Crippen LogP contribution >= 0.6 is 0 Å². The first-order valence-corrected chi connectivity index (χ1v) is 9.08. The molecule has 144 valence electrons. The van der Waals surface area contributed by atoms with Crippen molar-refractivity contribution in [1.82, 2.24) is 10.3 Å². The summed E-state index contributed by atoms with van der Waals surface area (Å²) in [5.74, 6) is -0.314. The monoisotopic (exact) mass is 377 g/mol. The van der Waals surface area contributed by atoms with Crippen molar-refractivity contribution in [3.05, 3.63) is 59.8 Å². The maximum atomic E-state index is 12.9. The molecule has 0 saturated carbocycles. The highest BCUT2D eigenvalue weighted by molar-refractivity contribution is 6.09. The van der Waals surface area contributed by atoms with E-state index in [2.05, 4.69) is 16.4 Å². The molecule has 7 N–H and O–H groups in total. The van der Waals surface area contributed by atoms with Gasteiger partial charge in [0.25, 0.3) is 5.91 Å². The zero-order valence-electron chi connectivity index (χ0n) is 15.4. The minimum atomic E-state index is -0.772. The lowest BCUT2D eigenvalue weighted by Crippen LogP contribution is -2.45. The van der Waals surface area contributed by atoms with E-state index < -0.39 is 12.1 Å². The van der Waals surface area contributed by atoms with Crippen LogP contribution in [0.4, 0.5) is 0 Å². The van der Waals surface area contributed by atoms with Gasteiger partial charge in [-0.25, -0.2) is 0 Å². The number of carbonyl (C=O) groups excluding carboxylic acids is 1. The number of benzene rings is 2. The predicted octanol–water partition coefficient (Wildman–Crippen LogP) is 1.47. The Labute approximate surface area is 163 Å². The first-order chi connectivity index (χ1) is 13.5. The third-order valence-electron chi connectivity index (χ3n) is 4.69. The SMILES string of the molecule is N#Cc1ccc(-c2c(C(=O)NC[C@H](N)C(O)CCN)[nH]c3ccccc23)cc1. The average Bonchev–Trinajstić information content (AvgIpc) is 3.11. The Kier molecular flexibility index (Phi) is 6.06. The maximum Gasteiger partial charge on any atom is 0.268 e. The highest BCUT2D eigenvalue weighted by atomic mass is 16.3. The fourth-order valence-corrected chi connectivity index (χ4v) is 3.14. The van der Waals surface area contributed by atoms with Crippen molar-refractivity contribution < 1.29 is 9.90 Å². The van der Waals surface area contributed by atoms with Crippen LogP contribution in [0.2, 0.25) is 0 Å². The molecule has 0 saturated heterocycles. The van der Waals surface area contributed by atoms with Gasteiger partial charge in [0, 0.05) is 29.1 Å². The molecule has 0 spiro atoms. The lowest BCUT2D eigenvalue weighted by atomic mass is 10.00. The molecule has 3 rings (SSSR count). The Morgan fingerprint density at radius 1 is 1.21 bits per heavy atom. The van der Waals surface area contributed by atoms with Gasteiger partial charge in [0.15, 0.2) is 0 Å². The number of aromatic nitrogens is 1. The second-order valence-electron chi connectivity index (χ2n) is 6.63. The Morgan fingerprint density at radius 2 is 1.93 bits per heavy atom. The highest BCUT2D eigenvalue weighted by Gasteiger charge is 2.21. The van der Waals surface area contributed by atoms with E-state index in [9.17, 15) is 9.90 Å². The summed E-state index contributed by atoms with van der Waals surface area (Å²) in [4.78, 5) is 16.0. The third kappa shape index (κ3) is 4.05. The smallest absolute Gasteiger partial charge is 0.268 e. The van der Waals surface area contributed by atoms with Crippen LogP contribution in [0.1, 0.15) is 22.5 Å². The summed E-state index contributed by atoms with van der Waals surface area (Å²) >= 11 is 0. The van der Waals surface area contributed by atoms with Crippen molar-refractivity contribution in [2.75, 3.05) is 13.1 Å². The molecule has 0 fully saturated rings. The molecule has 0 aliphatic heterocycles. The van der Waals surface area contributed by atoms with Crippen molar-refractivity contribution in [2.24, 2.45) is 11.5 Å². The molecule has 0 bridgehead atoms. The molecule has 0 aliphatic carbocycles. The Bertz CT molecular complexity index is 1000. The van der Waals surface area contributed by atoms with Crippen LogP contribution in [0.3, 0.4) is 0 Å². The van der Waals surface area contributed by atoms with Crippen LogP contribution in [0.25, 0.3) is 22.0 Å². The van der Waals surface area contributed by atoms with Crippen LogP contribution in [0.15, 0.2) is 48.5 Å². The van der Waals surface area contributed by atoms with Crippen LogP contribution in [0.5, 0.6) is 0 Å². The molecule has 0 radical (unpaired) electrons. The lowest BCUT2D eigenvalue weighted by Gasteiger charge is -2.18.